The summed E-state index contributed by atoms with van der Waals surface area (Å²) in [5.74, 6) is 1.21. The molecule has 1 aromatic rings. The van der Waals surface area contributed by atoms with Crippen molar-refractivity contribution in [2.45, 2.75) is 38.1 Å². The van der Waals surface area contributed by atoms with Gasteiger partial charge in [-0.05, 0) is 18.4 Å². The molecule has 1 aliphatic rings. The first-order valence-corrected chi connectivity index (χ1v) is 6.42. The molecule has 0 spiro atoms. The number of halogens is 1. The van der Waals surface area contributed by atoms with Crippen LogP contribution >= 0.6 is 24.0 Å². The van der Waals surface area contributed by atoms with Gasteiger partial charge in [0.25, 0.3) is 0 Å². The van der Waals surface area contributed by atoms with Crippen molar-refractivity contribution in [2.75, 3.05) is 6.54 Å². The average molecular weight is 359 g/mol. The number of rotatable bonds is 5. The molecule has 3 N–H and O–H groups in total. The predicted octanol–water partition coefficient (Wildman–Crippen LogP) is 2.86. The van der Waals surface area contributed by atoms with Gasteiger partial charge in [-0.2, -0.15) is 0 Å². The summed E-state index contributed by atoms with van der Waals surface area (Å²) in [7, 11) is 0. The van der Waals surface area contributed by atoms with Gasteiger partial charge in [0.15, 0.2) is 5.96 Å². The van der Waals surface area contributed by atoms with Gasteiger partial charge in [-0.3, -0.25) is 4.99 Å². The van der Waals surface area contributed by atoms with Crippen LogP contribution in [0.15, 0.2) is 35.3 Å². The van der Waals surface area contributed by atoms with E-state index in [1.165, 1.54) is 5.56 Å². The summed E-state index contributed by atoms with van der Waals surface area (Å²) < 4.78 is 0. The third kappa shape index (κ3) is 4.48. The van der Waals surface area contributed by atoms with Crippen molar-refractivity contribution >= 4 is 29.9 Å². The molecule has 0 amide bonds. The lowest BCUT2D eigenvalue weighted by atomic mass is 10.1. The minimum Gasteiger partial charge on any atom is -0.370 e. The highest BCUT2D eigenvalue weighted by atomic mass is 127. The van der Waals surface area contributed by atoms with E-state index in [4.69, 9.17) is 5.73 Å². The highest BCUT2D eigenvalue weighted by molar-refractivity contribution is 14.0. The Labute approximate surface area is 126 Å². The number of hydrogen-bond donors (Lipinski definition) is 2. The standard InChI is InChI=1S/C14H21N3.HI/c1-2-3-9-16-14(15)17-13-10-12(13)11-7-5-4-6-8-11;/h4-8,12-13H,2-3,9-10H2,1H3,(H3,15,16,17);1H. The lowest BCUT2D eigenvalue weighted by Gasteiger charge is -2.05. The lowest BCUT2D eigenvalue weighted by Crippen LogP contribution is -2.34. The van der Waals surface area contributed by atoms with Crippen molar-refractivity contribution in [3.05, 3.63) is 35.9 Å². The fourth-order valence-electron chi connectivity index (χ4n) is 2.02. The van der Waals surface area contributed by atoms with Crippen LogP contribution in [-0.2, 0) is 0 Å². The minimum absolute atomic E-state index is 0. The van der Waals surface area contributed by atoms with Crippen LogP contribution in [0.25, 0.3) is 0 Å². The molecule has 1 fully saturated rings. The molecule has 0 saturated heterocycles. The Bertz CT molecular complexity index is 378. The monoisotopic (exact) mass is 359 g/mol. The van der Waals surface area contributed by atoms with Crippen LogP contribution in [-0.4, -0.2) is 18.5 Å². The van der Waals surface area contributed by atoms with E-state index in [-0.39, 0.29) is 24.0 Å². The average Bonchev–Trinajstić information content (AvgIpc) is 3.10. The SMILES string of the molecule is CCCCN=C(N)NC1CC1c1ccccc1.I. The van der Waals surface area contributed by atoms with Crippen molar-refractivity contribution in [1.82, 2.24) is 5.32 Å². The zero-order chi connectivity index (χ0) is 12.1. The van der Waals surface area contributed by atoms with Crippen molar-refractivity contribution < 1.29 is 0 Å². The minimum atomic E-state index is 0. The van der Waals surface area contributed by atoms with Gasteiger partial charge in [-0.15, -0.1) is 24.0 Å². The number of nitrogens with one attached hydrogen (secondary N) is 1. The van der Waals surface area contributed by atoms with Gasteiger partial charge < -0.3 is 11.1 Å². The lowest BCUT2D eigenvalue weighted by molar-refractivity contribution is 0.789. The Morgan fingerprint density at radius 1 is 1.39 bits per heavy atom. The summed E-state index contributed by atoms with van der Waals surface area (Å²) in [5, 5.41) is 3.29. The van der Waals surface area contributed by atoms with Gasteiger partial charge in [0.2, 0.25) is 0 Å². The van der Waals surface area contributed by atoms with Gasteiger partial charge >= 0.3 is 0 Å². The molecule has 3 nitrogen and oxygen atoms in total. The predicted molar refractivity (Wildman–Crippen MR) is 87.5 cm³/mol. The molecule has 0 radical (unpaired) electrons. The van der Waals surface area contributed by atoms with Gasteiger partial charge in [0.1, 0.15) is 0 Å². The molecule has 0 bridgehead atoms. The molecule has 18 heavy (non-hydrogen) atoms. The number of nitrogens with two attached hydrogens (primary N) is 1. The Hall–Kier alpha value is -0.780. The zero-order valence-electron chi connectivity index (χ0n) is 10.8. The molecular weight excluding hydrogens is 337 g/mol. The largest absolute Gasteiger partial charge is 0.370 e. The first kappa shape index (κ1) is 15.3. The van der Waals surface area contributed by atoms with Crippen molar-refractivity contribution in [1.29, 1.82) is 0 Å². The van der Waals surface area contributed by atoms with Gasteiger partial charge in [0.05, 0.1) is 0 Å². The van der Waals surface area contributed by atoms with E-state index < -0.39 is 0 Å². The fraction of sp³-hybridized carbons (Fsp3) is 0.500. The van der Waals surface area contributed by atoms with E-state index in [0.29, 0.717) is 17.9 Å². The van der Waals surface area contributed by atoms with E-state index in [9.17, 15) is 0 Å². The molecule has 2 unspecified atom stereocenters. The summed E-state index contributed by atoms with van der Waals surface area (Å²) in [4.78, 5) is 4.31. The number of unbranched alkanes of at least 4 members (excludes halogenated alkanes) is 1. The van der Waals surface area contributed by atoms with Crippen LogP contribution < -0.4 is 11.1 Å². The number of benzene rings is 1. The van der Waals surface area contributed by atoms with Crippen LogP contribution in [0.1, 0.15) is 37.7 Å². The van der Waals surface area contributed by atoms with Gasteiger partial charge in [0, 0.05) is 18.5 Å². The Morgan fingerprint density at radius 3 is 2.78 bits per heavy atom. The van der Waals surface area contributed by atoms with E-state index in [0.717, 1.165) is 25.8 Å². The third-order valence-corrected chi connectivity index (χ3v) is 3.15. The number of aliphatic imine (C=N–C) groups is 1. The van der Waals surface area contributed by atoms with Crippen LogP contribution in [0.2, 0.25) is 0 Å². The molecule has 1 aromatic carbocycles. The molecule has 0 aliphatic heterocycles. The van der Waals surface area contributed by atoms with E-state index in [2.05, 4.69) is 47.6 Å². The zero-order valence-corrected chi connectivity index (χ0v) is 13.1. The first-order valence-electron chi connectivity index (χ1n) is 6.42. The van der Waals surface area contributed by atoms with E-state index in [1.807, 2.05) is 0 Å². The number of nitrogens with zero attached hydrogens (tertiary/aromatic N) is 1. The smallest absolute Gasteiger partial charge is 0.188 e. The summed E-state index contributed by atoms with van der Waals surface area (Å²) >= 11 is 0. The molecular formula is C14H22IN3. The summed E-state index contributed by atoms with van der Waals surface area (Å²) in [5.41, 5.74) is 7.23. The highest BCUT2D eigenvalue weighted by Crippen LogP contribution is 2.40. The maximum atomic E-state index is 5.83. The second kappa shape index (κ2) is 7.61. The van der Waals surface area contributed by atoms with E-state index >= 15 is 0 Å². The van der Waals surface area contributed by atoms with Crippen molar-refractivity contribution in [2.24, 2.45) is 10.7 Å². The fourth-order valence-corrected chi connectivity index (χ4v) is 2.02. The second-order valence-electron chi connectivity index (χ2n) is 4.62. The molecule has 0 aromatic heterocycles. The number of hydrogen-bond acceptors (Lipinski definition) is 1. The summed E-state index contributed by atoms with van der Waals surface area (Å²) in [6.07, 6.45) is 3.43. The Morgan fingerprint density at radius 2 is 2.11 bits per heavy atom. The van der Waals surface area contributed by atoms with Gasteiger partial charge in [-0.1, -0.05) is 43.7 Å². The Balaban J connectivity index is 0.00000162. The molecule has 100 valence electrons. The van der Waals surface area contributed by atoms with Gasteiger partial charge in [-0.25, -0.2) is 0 Å². The molecule has 4 heteroatoms. The molecule has 2 rings (SSSR count). The molecule has 1 saturated carbocycles. The highest BCUT2D eigenvalue weighted by Gasteiger charge is 2.38. The molecule has 0 heterocycles. The van der Waals surface area contributed by atoms with Crippen molar-refractivity contribution in [3.8, 4) is 0 Å². The normalized spacial score (nSPS) is 22.2. The number of guanidine groups is 1. The first-order chi connectivity index (χ1) is 8.31. The third-order valence-electron chi connectivity index (χ3n) is 3.15. The van der Waals surface area contributed by atoms with Crippen LogP contribution in [0.3, 0.4) is 0 Å². The Kier molecular flexibility index (Phi) is 6.46. The topological polar surface area (TPSA) is 50.4 Å². The van der Waals surface area contributed by atoms with Crippen LogP contribution in [0.5, 0.6) is 0 Å². The quantitative estimate of drug-likeness (QED) is 0.368. The molecule has 2 atom stereocenters. The van der Waals surface area contributed by atoms with Crippen molar-refractivity contribution in [3.63, 3.8) is 0 Å². The van der Waals surface area contributed by atoms with E-state index in [1.54, 1.807) is 0 Å². The van der Waals surface area contributed by atoms with Crippen LogP contribution in [0, 0.1) is 0 Å². The maximum absolute atomic E-state index is 5.83. The second-order valence-corrected chi connectivity index (χ2v) is 4.62. The molecule has 1 aliphatic carbocycles. The summed E-state index contributed by atoms with van der Waals surface area (Å²) in [6, 6.07) is 11.1. The summed E-state index contributed by atoms with van der Waals surface area (Å²) in [6.45, 7) is 2.99. The maximum Gasteiger partial charge on any atom is 0.188 e. The van der Waals surface area contributed by atoms with Crippen LogP contribution in [0.4, 0.5) is 0 Å².